The minimum absolute atomic E-state index is 0.0958. The average molecular weight is 271 g/mol. The number of hydrogen-bond donors (Lipinski definition) is 2. The molecular weight excluding hydrogens is 246 g/mol. The van der Waals surface area contributed by atoms with Gasteiger partial charge >= 0.3 is 12.0 Å². The van der Waals surface area contributed by atoms with Gasteiger partial charge in [0.05, 0.1) is 0 Å². The molecule has 0 aromatic carbocycles. The Hall–Kier alpha value is -1.30. The molecule has 2 amide bonds. The van der Waals surface area contributed by atoms with Crippen molar-refractivity contribution in [1.82, 2.24) is 15.1 Å². The highest BCUT2D eigenvalue weighted by Gasteiger charge is 2.36. The molecular formula is C13H25N3O3. The van der Waals surface area contributed by atoms with Crippen LogP contribution in [0.3, 0.4) is 0 Å². The van der Waals surface area contributed by atoms with Gasteiger partial charge in [0.25, 0.3) is 0 Å². The van der Waals surface area contributed by atoms with Gasteiger partial charge in [0, 0.05) is 25.7 Å². The summed E-state index contributed by atoms with van der Waals surface area (Å²) in [7, 11) is 2.02. The molecule has 6 nitrogen and oxygen atoms in total. The van der Waals surface area contributed by atoms with Gasteiger partial charge in [-0.15, -0.1) is 0 Å². The van der Waals surface area contributed by atoms with Crippen molar-refractivity contribution in [2.75, 3.05) is 26.7 Å². The lowest BCUT2D eigenvalue weighted by Crippen LogP contribution is -2.61. The number of carboxylic acids is 1. The molecule has 0 saturated carbocycles. The van der Waals surface area contributed by atoms with Crippen LogP contribution in [0.2, 0.25) is 0 Å². The molecule has 0 aliphatic carbocycles. The average Bonchev–Trinajstić information content (AvgIpc) is 2.28. The number of rotatable bonds is 4. The van der Waals surface area contributed by atoms with E-state index in [0.29, 0.717) is 19.4 Å². The van der Waals surface area contributed by atoms with Gasteiger partial charge in [-0.05, 0) is 27.3 Å². The molecule has 0 spiro atoms. The van der Waals surface area contributed by atoms with E-state index in [1.807, 2.05) is 20.9 Å². The molecule has 1 saturated heterocycles. The highest BCUT2D eigenvalue weighted by Crippen LogP contribution is 2.15. The summed E-state index contributed by atoms with van der Waals surface area (Å²) in [5.74, 6) is -0.982. The molecule has 1 aliphatic rings. The topological polar surface area (TPSA) is 72.9 Å². The Morgan fingerprint density at radius 2 is 2.05 bits per heavy atom. The zero-order chi connectivity index (χ0) is 14.6. The van der Waals surface area contributed by atoms with Gasteiger partial charge in [-0.3, -0.25) is 0 Å². The Morgan fingerprint density at radius 1 is 1.42 bits per heavy atom. The lowest BCUT2D eigenvalue weighted by Gasteiger charge is -2.39. The van der Waals surface area contributed by atoms with Crippen LogP contribution < -0.4 is 5.32 Å². The van der Waals surface area contributed by atoms with Gasteiger partial charge in [-0.25, -0.2) is 9.59 Å². The molecule has 1 fully saturated rings. The van der Waals surface area contributed by atoms with Crippen molar-refractivity contribution in [3.8, 4) is 0 Å². The minimum atomic E-state index is -1.19. The summed E-state index contributed by atoms with van der Waals surface area (Å²) in [4.78, 5) is 27.4. The Bertz CT molecular complexity index is 348. The quantitative estimate of drug-likeness (QED) is 0.799. The van der Waals surface area contributed by atoms with Crippen molar-refractivity contribution < 1.29 is 14.7 Å². The number of likely N-dealkylation sites (N-methyl/N-ethyl adjacent to an activating group) is 1. The van der Waals surface area contributed by atoms with E-state index in [2.05, 4.69) is 10.2 Å². The van der Waals surface area contributed by atoms with Crippen molar-refractivity contribution in [3.63, 3.8) is 0 Å². The Kier molecular flexibility index (Phi) is 5.17. The molecule has 110 valence electrons. The molecule has 1 rings (SSSR count). The first-order valence-electron chi connectivity index (χ1n) is 6.81. The van der Waals surface area contributed by atoms with Crippen LogP contribution in [0.1, 0.15) is 33.6 Å². The van der Waals surface area contributed by atoms with Gasteiger partial charge in [-0.2, -0.15) is 0 Å². The van der Waals surface area contributed by atoms with Crippen LogP contribution in [0.4, 0.5) is 4.79 Å². The van der Waals surface area contributed by atoms with Gasteiger partial charge in [0.15, 0.2) is 0 Å². The zero-order valence-electron chi connectivity index (χ0n) is 12.3. The number of carboxylic acid groups (broad SMARTS) is 1. The molecule has 19 heavy (non-hydrogen) atoms. The monoisotopic (exact) mass is 271 g/mol. The number of nitrogens with zero attached hydrogens (tertiary/aromatic N) is 2. The van der Waals surface area contributed by atoms with E-state index in [1.54, 1.807) is 11.8 Å². The van der Waals surface area contributed by atoms with Crippen molar-refractivity contribution in [3.05, 3.63) is 0 Å². The number of piperazine rings is 1. The van der Waals surface area contributed by atoms with Crippen molar-refractivity contribution in [1.29, 1.82) is 0 Å². The first kappa shape index (κ1) is 15.8. The van der Waals surface area contributed by atoms with Crippen LogP contribution in [0.15, 0.2) is 0 Å². The first-order chi connectivity index (χ1) is 8.80. The Labute approximate surface area is 114 Å². The second-order valence-corrected chi connectivity index (χ2v) is 5.62. The third-order valence-corrected chi connectivity index (χ3v) is 3.70. The lowest BCUT2D eigenvalue weighted by molar-refractivity contribution is -0.144. The minimum Gasteiger partial charge on any atom is -0.480 e. The molecule has 1 aliphatic heterocycles. The second kappa shape index (κ2) is 6.23. The summed E-state index contributed by atoms with van der Waals surface area (Å²) >= 11 is 0. The number of hydrogen-bond acceptors (Lipinski definition) is 3. The summed E-state index contributed by atoms with van der Waals surface area (Å²) in [6.07, 6.45) is 1.14. The summed E-state index contributed by atoms with van der Waals surface area (Å²) < 4.78 is 0. The van der Waals surface area contributed by atoms with E-state index < -0.39 is 11.5 Å². The predicted molar refractivity (Wildman–Crippen MR) is 73.1 cm³/mol. The fourth-order valence-corrected chi connectivity index (χ4v) is 2.47. The highest BCUT2D eigenvalue weighted by atomic mass is 16.4. The molecule has 1 heterocycles. The van der Waals surface area contributed by atoms with Crippen LogP contribution >= 0.6 is 0 Å². The fourth-order valence-electron chi connectivity index (χ4n) is 2.47. The van der Waals surface area contributed by atoms with Gasteiger partial charge in [0.2, 0.25) is 0 Å². The summed E-state index contributed by atoms with van der Waals surface area (Å²) in [6.45, 7) is 7.71. The molecule has 0 radical (unpaired) electrons. The van der Waals surface area contributed by atoms with E-state index in [1.165, 1.54) is 0 Å². The standard InChI is InChI=1S/C13H25N3O3/c1-5-6-13(3,11(17)18)14-12(19)16-8-7-15(4)9-10(16)2/h10H,5-9H2,1-4H3,(H,14,19)(H,17,18). The van der Waals surface area contributed by atoms with E-state index in [9.17, 15) is 14.7 Å². The largest absolute Gasteiger partial charge is 0.480 e. The number of carbonyl (C=O) groups excluding carboxylic acids is 1. The SMILES string of the molecule is CCCC(C)(NC(=O)N1CCN(C)CC1C)C(=O)O. The third-order valence-electron chi connectivity index (χ3n) is 3.70. The first-order valence-corrected chi connectivity index (χ1v) is 6.81. The molecule has 2 N–H and O–H groups in total. The van der Waals surface area contributed by atoms with Crippen LogP contribution in [0.5, 0.6) is 0 Å². The predicted octanol–water partition coefficient (Wildman–Crippen LogP) is 0.975. The van der Waals surface area contributed by atoms with Crippen LogP contribution in [0.25, 0.3) is 0 Å². The number of amides is 2. The fraction of sp³-hybridized carbons (Fsp3) is 0.846. The van der Waals surface area contributed by atoms with Crippen molar-refractivity contribution >= 4 is 12.0 Å². The lowest BCUT2D eigenvalue weighted by atomic mass is 9.96. The molecule has 0 bridgehead atoms. The van der Waals surface area contributed by atoms with Gasteiger partial charge in [0.1, 0.15) is 5.54 Å². The molecule has 0 aromatic heterocycles. The highest BCUT2D eigenvalue weighted by molar-refractivity contribution is 5.86. The van der Waals surface area contributed by atoms with Crippen molar-refractivity contribution in [2.45, 2.75) is 45.2 Å². The smallest absolute Gasteiger partial charge is 0.329 e. The summed E-state index contributed by atoms with van der Waals surface area (Å²) in [5, 5.41) is 12.0. The summed E-state index contributed by atoms with van der Waals surface area (Å²) in [5.41, 5.74) is -1.19. The van der Waals surface area contributed by atoms with E-state index in [-0.39, 0.29) is 12.1 Å². The molecule has 2 unspecified atom stereocenters. The number of aliphatic carboxylic acids is 1. The van der Waals surface area contributed by atoms with Crippen LogP contribution in [-0.4, -0.2) is 65.2 Å². The Balaban J connectivity index is 2.69. The zero-order valence-corrected chi connectivity index (χ0v) is 12.3. The normalized spacial score (nSPS) is 23.8. The summed E-state index contributed by atoms with van der Waals surface area (Å²) in [6, 6.07) is -0.183. The second-order valence-electron chi connectivity index (χ2n) is 5.62. The third kappa shape index (κ3) is 3.83. The Morgan fingerprint density at radius 3 is 2.53 bits per heavy atom. The molecule has 2 atom stereocenters. The number of urea groups is 1. The number of carbonyl (C=O) groups is 2. The van der Waals surface area contributed by atoms with E-state index in [0.717, 1.165) is 13.1 Å². The number of nitrogens with one attached hydrogen (secondary N) is 1. The van der Waals surface area contributed by atoms with E-state index >= 15 is 0 Å². The van der Waals surface area contributed by atoms with Gasteiger partial charge < -0.3 is 20.2 Å². The maximum atomic E-state index is 12.2. The maximum absolute atomic E-state index is 12.2. The maximum Gasteiger partial charge on any atom is 0.329 e. The van der Waals surface area contributed by atoms with Crippen LogP contribution in [0, 0.1) is 0 Å². The van der Waals surface area contributed by atoms with Crippen LogP contribution in [-0.2, 0) is 4.79 Å². The molecule has 6 heteroatoms. The van der Waals surface area contributed by atoms with Gasteiger partial charge in [-0.1, -0.05) is 13.3 Å². The van der Waals surface area contributed by atoms with E-state index in [4.69, 9.17) is 0 Å². The molecule has 0 aromatic rings. The van der Waals surface area contributed by atoms with Crippen molar-refractivity contribution in [2.24, 2.45) is 0 Å².